The quantitative estimate of drug-likeness (QED) is 0.608. The average molecular weight is 451 g/mol. The Kier molecular flexibility index (Phi) is 10.1. The third-order valence-electron chi connectivity index (χ3n) is 5.32. The summed E-state index contributed by atoms with van der Waals surface area (Å²) in [5.41, 5.74) is 0.413. The smallest absolute Gasteiger partial charge is 0.255 e. The molecule has 0 bridgehead atoms. The number of thioether (sulfide) groups is 1. The van der Waals surface area contributed by atoms with Crippen LogP contribution in [0.2, 0.25) is 0 Å². The number of nitrogens with zero attached hydrogens (tertiary/aromatic N) is 3. The number of hydrogen-bond acceptors (Lipinski definition) is 6. The lowest BCUT2D eigenvalue weighted by Gasteiger charge is -2.27. The second kappa shape index (κ2) is 12.6. The van der Waals surface area contributed by atoms with Crippen LogP contribution in [0.4, 0.5) is 0 Å². The van der Waals surface area contributed by atoms with E-state index < -0.39 is 6.04 Å². The highest BCUT2D eigenvalue weighted by Gasteiger charge is 2.28. The molecule has 0 radical (unpaired) electrons. The average Bonchev–Trinajstić information content (AvgIpc) is 3.01. The van der Waals surface area contributed by atoms with Crippen LogP contribution >= 0.6 is 11.8 Å². The highest BCUT2D eigenvalue weighted by molar-refractivity contribution is 7.98. The third kappa shape index (κ3) is 7.43. The Morgan fingerprint density at radius 1 is 1.16 bits per heavy atom. The number of amides is 3. The van der Waals surface area contributed by atoms with E-state index in [2.05, 4.69) is 10.2 Å². The summed E-state index contributed by atoms with van der Waals surface area (Å²) in [7, 11) is 5.01. The van der Waals surface area contributed by atoms with Crippen LogP contribution in [0.5, 0.6) is 5.75 Å². The normalized spacial score (nSPS) is 15.7. The topological polar surface area (TPSA) is 82.2 Å². The Morgan fingerprint density at radius 3 is 2.58 bits per heavy atom. The van der Waals surface area contributed by atoms with Gasteiger partial charge in [-0.1, -0.05) is 12.1 Å². The van der Waals surface area contributed by atoms with Crippen molar-refractivity contribution >= 4 is 29.5 Å². The number of carbonyl (C=O) groups is 3. The van der Waals surface area contributed by atoms with Crippen LogP contribution in [0.15, 0.2) is 24.3 Å². The van der Waals surface area contributed by atoms with E-state index in [1.807, 2.05) is 11.2 Å². The molecule has 31 heavy (non-hydrogen) atoms. The van der Waals surface area contributed by atoms with Crippen LogP contribution < -0.4 is 10.1 Å². The highest BCUT2D eigenvalue weighted by Crippen LogP contribution is 2.18. The summed E-state index contributed by atoms with van der Waals surface area (Å²) in [5, 5.41) is 2.92. The maximum atomic E-state index is 13.3. The van der Waals surface area contributed by atoms with Gasteiger partial charge >= 0.3 is 0 Å². The van der Waals surface area contributed by atoms with E-state index in [0.717, 1.165) is 18.7 Å². The maximum absolute atomic E-state index is 13.3. The molecular formula is C22H34N4O4S. The molecule has 0 saturated carbocycles. The van der Waals surface area contributed by atoms with Crippen LogP contribution in [-0.2, 0) is 9.59 Å². The monoisotopic (exact) mass is 450 g/mol. The molecule has 1 aliphatic rings. The van der Waals surface area contributed by atoms with E-state index in [1.54, 1.807) is 55.0 Å². The molecule has 0 aliphatic carbocycles. The zero-order valence-corrected chi connectivity index (χ0v) is 19.7. The number of likely N-dealkylation sites (N-methyl/N-ethyl adjacent to an activating group) is 1. The Balaban J connectivity index is 2.05. The third-order valence-corrected chi connectivity index (χ3v) is 5.97. The lowest BCUT2D eigenvalue weighted by atomic mass is 10.1. The van der Waals surface area contributed by atoms with E-state index >= 15 is 0 Å². The van der Waals surface area contributed by atoms with E-state index in [0.29, 0.717) is 43.9 Å². The Morgan fingerprint density at radius 2 is 1.90 bits per heavy atom. The predicted octanol–water partition coefficient (Wildman–Crippen LogP) is 1.17. The molecule has 0 aromatic heterocycles. The molecule has 1 unspecified atom stereocenters. The van der Waals surface area contributed by atoms with E-state index in [4.69, 9.17) is 4.74 Å². The number of para-hydroxylation sites is 1. The molecule has 172 valence electrons. The first-order chi connectivity index (χ1) is 14.9. The summed E-state index contributed by atoms with van der Waals surface area (Å²) >= 11 is 1.64. The van der Waals surface area contributed by atoms with Gasteiger partial charge in [0, 0.05) is 40.3 Å². The zero-order chi connectivity index (χ0) is 22.8. The number of ether oxygens (including phenoxy) is 1. The molecule has 1 N–H and O–H groups in total. The second-order valence-corrected chi connectivity index (χ2v) is 8.74. The maximum Gasteiger partial charge on any atom is 0.255 e. The van der Waals surface area contributed by atoms with Crippen LogP contribution in [0.25, 0.3) is 0 Å². The molecule has 1 aromatic rings. The minimum absolute atomic E-state index is 0.0571. The summed E-state index contributed by atoms with van der Waals surface area (Å²) in [6, 6.07) is 6.40. The van der Waals surface area contributed by atoms with Gasteiger partial charge in [0.1, 0.15) is 11.8 Å². The van der Waals surface area contributed by atoms with Gasteiger partial charge in [0.25, 0.3) is 5.91 Å². The molecule has 9 heteroatoms. The van der Waals surface area contributed by atoms with Crippen molar-refractivity contribution in [3.05, 3.63) is 29.8 Å². The molecule has 1 saturated heterocycles. The van der Waals surface area contributed by atoms with Crippen molar-refractivity contribution in [2.45, 2.75) is 18.9 Å². The number of hydrogen-bond donors (Lipinski definition) is 1. The van der Waals surface area contributed by atoms with Crippen molar-refractivity contribution in [3.8, 4) is 5.75 Å². The van der Waals surface area contributed by atoms with Crippen molar-refractivity contribution in [2.75, 3.05) is 65.9 Å². The Labute approximate surface area is 189 Å². The van der Waals surface area contributed by atoms with Gasteiger partial charge in [0.05, 0.1) is 19.2 Å². The largest absolute Gasteiger partial charge is 0.496 e. The van der Waals surface area contributed by atoms with Gasteiger partial charge < -0.3 is 19.9 Å². The number of methoxy groups -OCH3 is 1. The fourth-order valence-corrected chi connectivity index (χ4v) is 3.94. The molecular weight excluding hydrogens is 416 g/mol. The Bertz CT molecular complexity index is 759. The summed E-state index contributed by atoms with van der Waals surface area (Å²) in [6.45, 7) is 2.93. The lowest BCUT2D eigenvalue weighted by Crippen LogP contribution is -2.50. The van der Waals surface area contributed by atoms with Crippen molar-refractivity contribution in [1.29, 1.82) is 0 Å². The molecule has 1 heterocycles. The van der Waals surface area contributed by atoms with Crippen LogP contribution in [0, 0.1) is 0 Å². The summed E-state index contributed by atoms with van der Waals surface area (Å²) in [5.74, 6) is 0.914. The fraction of sp³-hybridized carbons (Fsp3) is 0.591. The lowest BCUT2D eigenvalue weighted by molar-refractivity contribution is -0.133. The van der Waals surface area contributed by atoms with Crippen molar-refractivity contribution in [2.24, 2.45) is 0 Å². The van der Waals surface area contributed by atoms with Crippen LogP contribution in [-0.4, -0.2) is 104 Å². The number of nitrogens with one attached hydrogen (secondary N) is 1. The predicted molar refractivity (Wildman–Crippen MR) is 124 cm³/mol. The SMILES string of the molecule is COc1ccccc1C(=O)NC(CCSC)C(=O)N1CCCN(CC(=O)N(C)C)CC1. The van der Waals surface area contributed by atoms with Gasteiger partial charge in [-0.15, -0.1) is 0 Å². The molecule has 1 atom stereocenters. The molecule has 1 aliphatic heterocycles. The first-order valence-electron chi connectivity index (χ1n) is 10.5. The van der Waals surface area contributed by atoms with E-state index in [1.165, 1.54) is 7.11 Å². The summed E-state index contributed by atoms with van der Waals surface area (Å²) < 4.78 is 5.29. The summed E-state index contributed by atoms with van der Waals surface area (Å²) in [6.07, 6.45) is 3.33. The van der Waals surface area contributed by atoms with Gasteiger partial charge in [-0.25, -0.2) is 0 Å². The fourth-order valence-electron chi connectivity index (χ4n) is 3.46. The standard InChI is InChI=1S/C22H34N4O4S/c1-24(2)20(27)16-25-11-7-12-26(14-13-25)22(29)18(10-15-31-4)23-21(28)17-8-5-6-9-19(17)30-3/h5-6,8-9,18H,7,10-16H2,1-4H3,(H,23,28). The van der Waals surface area contributed by atoms with Gasteiger partial charge in [-0.05, 0) is 37.0 Å². The van der Waals surface area contributed by atoms with Crippen LogP contribution in [0.3, 0.4) is 0 Å². The van der Waals surface area contributed by atoms with Crippen LogP contribution in [0.1, 0.15) is 23.2 Å². The van der Waals surface area contributed by atoms with Gasteiger partial charge in [-0.2, -0.15) is 11.8 Å². The van der Waals surface area contributed by atoms with Gasteiger partial charge in [0.2, 0.25) is 11.8 Å². The summed E-state index contributed by atoms with van der Waals surface area (Å²) in [4.78, 5) is 43.7. The first kappa shape index (κ1) is 25.0. The molecule has 0 spiro atoms. The molecule has 3 amide bonds. The highest BCUT2D eigenvalue weighted by atomic mass is 32.2. The minimum Gasteiger partial charge on any atom is -0.496 e. The number of benzene rings is 1. The molecule has 1 fully saturated rings. The minimum atomic E-state index is -0.597. The van der Waals surface area contributed by atoms with Gasteiger partial charge in [-0.3, -0.25) is 19.3 Å². The van der Waals surface area contributed by atoms with Crippen molar-refractivity contribution < 1.29 is 19.1 Å². The molecule has 2 rings (SSSR count). The molecule has 8 nitrogen and oxygen atoms in total. The number of rotatable bonds is 9. The second-order valence-electron chi connectivity index (χ2n) is 7.75. The van der Waals surface area contributed by atoms with E-state index in [9.17, 15) is 14.4 Å². The van der Waals surface area contributed by atoms with Crippen molar-refractivity contribution in [1.82, 2.24) is 20.0 Å². The first-order valence-corrected chi connectivity index (χ1v) is 11.9. The Hall–Kier alpha value is -2.26. The zero-order valence-electron chi connectivity index (χ0n) is 18.9. The van der Waals surface area contributed by atoms with E-state index in [-0.39, 0.29) is 17.7 Å². The number of carbonyl (C=O) groups excluding carboxylic acids is 3. The molecule has 1 aromatic carbocycles. The van der Waals surface area contributed by atoms with Crippen molar-refractivity contribution in [3.63, 3.8) is 0 Å². The van der Waals surface area contributed by atoms with Gasteiger partial charge in [0.15, 0.2) is 0 Å².